The quantitative estimate of drug-likeness (QED) is 0.359. The smallest absolute Gasteiger partial charge is 0.179 e. The van der Waals surface area contributed by atoms with E-state index in [1.54, 1.807) is 0 Å². The Balaban J connectivity index is 2.01. The molecular formula is C16H25NO. The molecule has 0 atom stereocenters. The third-order valence-electron chi connectivity index (χ3n) is 3.19. The van der Waals surface area contributed by atoms with E-state index >= 15 is 0 Å². The standard InChI is InChI=1S/C16H25NO/c1-3-4-5-6-7-8-9-10-11-16(18)15-13-12-14(2)17-15/h3,12-13,17H,1,4-11H2,2H3. The van der Waals surface area contributed by atoms with Crippen LogP contribution >= 0.6 is 0 Å². The van der Waals surface area contributed by atoms with Crippen molar-refractivity contribution in [2.45, 2.75) is 58.3 Å². The number of H-pyrrole nitrogens is 1. The molecule has 100 valence electrons. The summed E-state index contributed by atoms with van der Waals surface area (Å²) in [6.45, 7) is 5.69. The lowest BCUT2D eigenvalue weighted by Crippen LogP contribution is -1.99. The molecule has 0 amide bonds. The average Bonchev–Trinajstić information content (AvgIpc) is 2.79. The van der Waals surface area contributed by atoms with Gasteiger partial charge in [-0.05, 0) is 38.3 Å². The summed E-state index contributed by atoms with van der Waals surface area (Å²) in [5.41, 5.74) is 1.82. The molecule has 0 fully saturated rings. The number of carbonyl (C=O) groups excluding carboxylic acids is 1. The maximum absolute atomic E-state index is 11.8. The number of aryl methyl sites for hydroxylation is 1. The van der Waals surface area contributed by atoms with Crippen LogP contribution in [0.2, 0.25) is 0 Å². The van der Waals surface area contributed by atoms with E-state index in [0.29, 0.717) is 6.42 Å². The van der Waals surface area contributed by atoms with Crippen molar-refractivity contribution >= 4 is 5.78 Å². The molecule has 0 aliphatic rings. The van der Waals surface area contributed by atoms with Crippen molar-refractivity contribution in [2.75, 3.05) is 0 Å². The summed E-state index contributed by atoms with van der Waals surface area (Å²) < 4.78 is 0. The van der Waals surface area contributed by atoms with Gasteiger partial charge < -0.3 is 4.98 Å². The number of ketones is 1. The Kier molecular flexibility index (Phi) is 7.16. The van der Waals surface area contributed by atoms with Crippen LogP contribution in [0.4, 0.5) is 0 Å². The molecule has 0 unspecified atom stereocenters. The second kappa shape index (κ2) is 8.73. The minimum absolute atomic E-state index is 0.245. The number of hydrogen-bond donors (Lipinski definition) is 1. The summed E-state index contributed by atoms with van der Waals surface area (Å²) >= 11 is 0. The molecule has 0 spiro atoms. The van der Waals surface area contributed by atoms with Crippen molar-refractivity contribution in [1.82, 2.24) is 4.98 Å². The van der Waals surface area contributed by atoms with Crippen molar-refractivity contribution in [3.8, 4) is 0 Å². The molecule has 0 aliphatic heterocycles. The van der Waals surface area contributed by atoms with Gasteiger partial charge in [-0.3, -0.25) is 4.79 Å². The highest BCUT2D eigenvalue weighted by Crippen LogP contribution is 2.11. The molecule has 2 nitrogen and oxygen atoms in total. The molecule has 1 aromatic rings. The van der Waals surface area contributed by atoms with E-state index in [4.69, 9.17) is 0 Å². The lowest BCUT2D eigenvalue weighted by molar-refractivity contribution is 0.0974. The lowest BCUT2D eigenvalue weighted by Gasteiger charge is -2.00. The number of hydrogen-bond acceptors (Lipinski definition) is 1. The molecule has 1 rings (SSSR count). The second-order valence-corrected chi connectivity index (χ2v) is 4.93. The van der Waals surface area contributed by atoms with E-state index in [1.807, 2.05) is 25.1 Å². The van der Waals surface area contributed by atoms with E-state index in [0.717, 1.165) is 24.2 Å². The fraction of sp³-hybridized carbons (Fsp3) is 0.562. The van der Waals surface area contributed by atoms with Gasteiger partial charge in [0.05, 0.1) is 5.69 Å². The molecular weight excluding hydrogens is 222 g/mol. The lowest BCUT2D eigenvalue weighted by atomic mass is 10.1. The maximum Gasteiger partial charge on any atom is 0.179 e. The van der Waals surface area contributed by atoms with Crippen LogP contribution in [0, 0.1) is 6.92 Å². The van der Waals surface area contributed by atoms with Gasteiger partial charge >= 0.3 is 0 Å². The largest absolute Gasteiger partial charge is 0.356 e. The first kappa shape index (κ1) is 14.7. The van der Waals surface area contributed by atoms with E-state index in [1.165, 1.54) is 32.1 Å². The highest BCUT2D eigenvalue weighted by Gasteiger charge is 2.06. The van der Waals surface area contributed by atoms with Crippen LogP contribution in [0.1, 0.15) is 67.5 Å². The average molecular weight is 247 g/mol. The fourth-order valence-corrected chi connectivity index (χ4v) is 2.08. The maximum atomic E-state index is 11.8. The Morgan fingerprint density at radius 1 is 1.17 bits per heavy atom. The van der Waals surface area contributed by atoms with E-state index < -0.39 is 0 Å². The first-order valence-electron chi connectivity index (χ1n) is 7.03. The Labute approximate surface area is 110 Å². The molecule has 1 N–H and O–H groups in total. The minimum Gasteiger partial charge on any atom is -0.356 e. The number of carbonyl (C=O) groups is 1. The van der Waals surface area contributed by atoms with Crippen molar-refractivity contribution in [1.29, 1.82) is 0 Å². The number of Topliss-reactive ketones (excluding diaryl/α,β-unsaturated/α-hetero) is 1. The topological polar surface area (TPSA) is 32.9 Å². The van der Waals surface area contributed by atoms with Gasteiger partial charge in [0.2, 0.25) is 0 Å². The molecule has 2 heteroatoms. The fourth-order valence-electron chi connectivity index (χ4n) is 2.08. The highest BCUT2D eigenvalue weighted by molar-refractivity contribution is 5.94. The van der Waals surface area contributed by atoms with Gasteiger partial charge in [-0.15, -0.1) is 6.58 Å². The molecule has 0 aromatic carbocycles. The Bertz CT molecular complexity index is 365. The van der Waals surface area contributed by atoms with Gasteiger partial charge in [0.25, 0.3) is 0 Å². The number of aromatic amines is 1. The van der Waals surface area contributed by atoms with Gasteiger partial charge in [0.15, 0.2) is 5.78 Å². The van der Waals surface area contributed by atoms with Crippen molar-refractivity contribution in [3.05, 3.63) is 36.2 Å². The van der Waals surface area contributed by atoms with Crippen LogP contribution in [0.25, 0.3) is 0 Å². The zero-order chi connectivity index (χ0) is 13.2. The van der Waals surface area contributed by atoms with Crippen LogP contribution < -0.4 is 0 Å². The van der Waals surface area contributed by atoms with E-state index in [9.17, 15) is 4.79 Å². The van der Waals surface area contributed by atoms with E-state index in [2.05, 4.69) is 11.6 Å². The third kappa shape index (κ3) is 5.85. The minimum atomic E-state index is 0.245. The predicted molar refractivity (Wildman–Crippen MR) is 77.0 cm³/mol. The molecule has 18 heavy (non-hydrogen) atoms. The number of unbranched alkanes of at least 4 members (excludes halogenated alkanes) is 6. The number of allylic oxidation sites excluding steroid dienone is 1. The van der Waals surface area contributed by atoms with Crippen LogP contribution in [0.15, 0.2) is 24.8 Å². The number of aromatic nitrogens is 1. The first-order valence-corrected chi connectivity index (χ1v) is 7.03. The van der Waals surface area contributed by atoms with Crippen LogP contribution in [-0.2, 0) is 0 Å². The van der Waals surface area contributed by atoms with Gasteiger partial charge in [0, 0.05) is 12.1 Å². The zero-order valence-corrected chi connectivity index (χ0v) is 11.5. The van der Waals surface area contributed by atoms with Gasteiger partial charge in [-0.25, -0.2) is 0 Å². The monoisotopic (exact) mass is 247 g/mol. The third-order valence-corrected chi connectivity index (χ3v) is 3.19. The van der Waals surface area contributed by atoms with Crippen LogP contribution in [0.3, 0.4) is 0 Å². The van der Waals surface area contributed by atoms with Crippen LogP contribution in [0.5, 0.6) is 0 Å². The van der Waals surface area contributed by atoms with E-state index in [-0.39, 0.29) is 5.78 Å². The molecule has 0 saturated carbocycles. The number of nitrogens with one attached hydrogen (secondary N) is 1. The van der Waals surface area contributed by atoms with Gasteiger partial charge in [0.1, 0.15) is 0 Å². The summed E-state index contributed by atoms with van der Waals surface area (Å²) in [5.74, 6) is 0.245. The predicted octanol–water partition coefficient (Wildman–Crippen LogP) is 4.81. The highest BCUT2D eigenvalue weighted by atomic mass is 16.1. The van der Waals surface area contributed by atoms with Gasteiger partial charge in [-0.1, -0.05) is 31.8 Å². The Hall–Kier alpha value is -1.31. The normalized spacial score (nSPS) is 10.5. The molecule has 0 aliphatic carbocycles. The zero-order valence-electron chi connectivity index (χ0n) is 11.5. The molecule has 1 aromatic heterocycles. The molecule has 0 bridgehead atoms. The van der Waals surface area contributed by atoms with Crippen LogP contribution in [-0.4, -0.2) is 10.8 Å². The summed E-state index contributed by atoms with van der Waals surface area (Å²) in [7, 11) is 0. The van der Waals surface area contributed by atoms with Crippen molar-refractivity contribution < 1.29 is 4.79 Å². The Morgan fingerprint density at radius 3 is 2.44 bits per heavy atom. The summed E-state index contributed by atoms with van der Waals surface area (Å²) in [4.78, 5) is 14.9. The molecule has 1 heterocycles. The first-order chi connectivity index (χ1) is 8.74. The van der Waals surface area contributed by atoms with Crippen molar-refractivity contribution in [2.24, 2.45) is 0 Å². The summed E-state index contributed by atoms with van der Waals surface area (Å²) in [6.07, 6.45) is 11.0. The molecule has 0 radical (unpaired) electrons. The molecule has 0 saturated heterocycles. The summed E-state index contributed by atoms with van der Waals surface area (Å²) in [5, 5.41) is 0. The number of rotatable bonds is 10. The SMILES string of the molecule is C=CCCCCCCCCC(=O)c1ccc(C)[nH]1. The second-order valence-electron chi connectivity index (χ2n) is 4.93. The summed E-state index contributed by atoms with van der Waals surface area (Å²) in [6, 6.07) is 3.83. The van der Waals surface area contributed by atoms with Crippen molar-refractivity contribution in [3.63, 3.8) is 0 Å². The Morgan fingerprint density at radius 2 is 1.83 bits per heavy atom. The van der Waals surface area contributed by atoms with Gasteiger partial charge in [-0.2, -0.15) is 0 Å².